The first-order valence-corrected chi connectivity index (χ1v) is 5.30. The van der Waals surface area contributed by atoms with Gasteiger partial charge in [-0.2, -0.15) is 0 Å². The van der Waals surface area contributed by atoms with Crippen molar-refractivity contribution in [2.45, 2.75) is 44.1 Å². The largest absolute Gasteiger partial charge is 0.480 e. The minimum Gasteiger partial charge on any atom is -0.480 e. The van der Waals surface area contributed by atoms with E-state index in [1.807, 2.05) is 6.08 Å². The number of nitrogens with one attached hydrogen (secondary N) is 1. The second-order valence-electron chi connectivity index (χ2n) is 3.95. The maximum atomic E-state index is 10.8. The lowest BCUT2D eigenvalue weighted by Gasteiger charge is -2.11. The van der Waals surface area contributed by atoms with E-state index in [9.17, 15) is 4.79 Å². The molecular formula is C11H19NO2. The predicted molar refractivity (Wildman–Crippen MR) is 56.3 cm³/mol. The monoisotopic (exact) mass is 197 g/mol. The van der Waals surface area contributed by atoms with Gasteiger partial charge in [0, 0.05) is 0 Å². The first-order chi connectivity index (χ1) is 6.71. The molecule has 0 aromatic carbocycles. The highest BCUT2D eigenvalue weighted by Crippen LogP contribution is 2.35. The topological polar surface area (TPSA) is 49.3 Å². The van der Waals surface area contributed by atoms with Gasteiger partial charge < -0.3 is 10.4 Å². The fourth-order valence-corrected chi connectivity index (χ4v) is 1.51. The molecule has 80 valence electrons. The van der Waals surface area contributed by atoms with Crippen LogP contribution >= 0.6 is 0 Å². The van der Waals surface area contributed by atoms with Gasteiger partial charge in [-0.05, 0) is 38.6 Å². The Balaban J connectivity index is 1.99. The molecule has 0 saturated heterocycles. The summed E-state index contributed by atoms with van der Waals surface area (Å²) in [5, 5.41) is 12.0. The Morgan fingerprint density at radius 1 is 1.43 bits per heavy atom. The van der Waals surface area contributed by atoms with Crippen molar-refractivity contribution in [3.05, 3.63) is 12.7 Å². The van der Waals surface area contributed by atoms with Gasteiger partial charge in [-0.3, -0.25) is 4.79 Å². The van der Waals surface area contributed by atoms with Crippen LogP contribution in [0.25, 0.3) is 0 Å². The van der Waals surface area contributed by atoms with Gasteiger partial charge in [-0.1, -0.05) is 12.5 Å². The summed E-state index contributed by atoms with van der Waals surface area (Å²) >= 11 is 0. The van der Waals surface area contributed by atoms with Gasteiger partial charge in [0.25, 0.3) is 0 Å². The molecule has 0 heterocycles. The van der Waals surface area contributed by atoms with Gasteiger partial charge in [-0.25, -0.2) is 0 Å². The van der Waals surface area contributed by atoms with Crippen molar-refractivity contribution in [2.24, 2.45) is 0 Å². The van der Waals surface area contributed by atoms with Crippen LogP contribution in [-0.2, 0) is 4.79 Å². The fourth-order valence-electron chi connectivity index (χ4n) is 1.51. The van der Waals surface area contributed by atoms with Crippen LogP contribution < -0.4 is 5.32 Å². The van der Waals surface area contributed by atoms with Crippen LogP contribution in [0, 0.1) is 0 Å². The van der Waals surface area contributed by atoms with Crippen molar-refractivity contribution < 1.29 is 9.90 Å². The number of carbonyl (C=O) groups is 1. The van der Waals surface area contributed by atoms with E-state index >= 15 is 0 Å². The molecule has 0 aliphatic heterocycles. The van der Waals surface area contributed by atoms with E-state index in [1.165, 1.54) is 0 Å². The van der Waals surface area contributed by atoms with E-state index in [2.05, 4.69) is 11.9 Å². The quantitative estimate of drug-likeness (QED) is 0.462. The molecule has 1 aliphatic rings. The summed E-state index contributed by atoms with van der Waals surface area (Å²) in [6.07, 6.45) is 7.92. The fraction of sp³-hybridized carbons (Fsp3) is 0.727. The highest BCUT2D eigenvalue weighted by molar-refractivity contribution is 5.82. The number of aliphatic carboxylic acids is 1. The van der Waals surface area contributed by atoms with Crippen molar-refractivity contribution in [1.29, 1.82) is 0 Å². The first-order valence-electron chi connectivity index (χ1n) is 5.30. The third-order valence-electron chi connectivity index (χ3n) is 2.71. The number of unbranched alkanes of at least 4 members (excludes halogenated alkanes) is 3. The van der Waals surface area contributed by atoms with E-state index in [1.54, 1.807) is 0 Å². The Kier molecular flexibility index (Phi) is 4.14. The summed E-state index contributed by atoms with van der Waals surface area (Å²) in [4.78, 5) is 10.8. The molecule has 0 radical (unpaired) electrons. The minimum absolute atomic E-state index is 0.557. The normalized spacial score (nSPS) is 17.7. The molecule has 1 rings (SSSR count). The molecule has 1 fully saturated rings. The molecule has 0 amide bonds. The van der Waals surface area contributed by atoms with Crippen LogP contribution in [-0.4, -0.2) is 23.2 Å². The maximum absolute atomic E-state index is 10.8. The minimum atomic E-state index is -0.691. The molecule has 14 heavy (non-hydrogen) atoms. The van der Waals surface area contributed by atoms with Crippen LogP contribution in [0.2, 0.25) is 0 Å². The molecule has 0 spiro atoms. The zero-order valence-electron chi connectivity index (χ0n) is 8.59. The SMILES string of the molecule is C=CCCCCCNC1(C(=O)O)CC1. The lowest BCUT2D eigenvalue weighted by Crippen LogP contribution is -2.39. The molecule has 0 aromatic heterocycles. The molecular weight excluding hydrogens is 178 g/mol. The predicted octanol–water partition coefficient (Wildman–Crippen LogP) is 1.94. The van der Waals surface area contributed by atoms with E-state index in [0.717, 1.165) is 45.1 Å². The second-order valence-corrected chi connectivity index (χ2v) is 3.95. The third kappa shape index (κ3) is 3.14. The van der Waals surface area contributed by atoms with Gasteiger partial charge in [0.05, 0.1) is 0 Å². The number of hydrogen-bond donors (Lipinski definition) is 2. The Morgan fingerprint density at radius 3 is 2.64 bits per heavy atom. The van der Waals surface area contributed by atoms with E-state index < -0.39 is 11.5 Å². The smallest absolute Gasteiger partial charge is 0.323 e. The Labute approximate surface area is 85.2 Å². The highest BCUT2D eigenvalue weighted by Gasteiger charge is 2.49. The van der Waals surface area contributed by atoms with Crippen molar-refractivity contribution in [3.8, 4) is 0 Å². The molecule has 3 heteroatoms. The summed E-state index contributed by atoms with van der Waals surface area (Å²) in [7, 11) is 0. The van der Waals surface area contributed by atoms with Crippen LogP contribution in [0.15, 0.2) is 12.7 Å². The van der Waals surface area contributed by atoms with Gasteiger partial charge in [0.1, 0.15) is 5.54 Å². The summed E-state index contributed by atoms with van der Waals surface area (Å²) < 4.78 is 0. The van der Waals surface area contributed by atoms with E-state index in [4.69, 9.17) is 5.11 Å². The number of allylic oxidation sites excluding steroid dienone is 1. The van der Waals surface area contributed by atoms with E-state index in [0.29, 0.717) is 0 Å². The zero-order valence-corrected chi connectivity index (χ0v) is 8.59. The van der Waals surface area contributed by atoms with Gasteiger partial charge in [0.2, 0.25) is 0 Å². The first kappa shape index (κ1) is 11.2. The molecule has 1 saturated carbocycles. The molecule has 1 aliphatic carbocycles. The molecule has 0 unspecified atom stereocenters. The van der Waals surface area contributed by atoms with Gasteiger partial charge >= 0.3 is 5.97 Å². The number of carboxylic acids is 1. The van der Waals surface area contributed by atoms with Crippen LogP contribution in [0.4, 0.5) is 0 Å². The summed E-state index contributed by atoms with van der Waals surface area (Å²) in [6, 6.07) is 0. The number of rotatable bonds is 8. The van der Waals surface area contributed by atoms with Crippen LogP contribution in [0.3, 0.4) is 0 Å². The van der Waals surface area contributed by atoms with Crippen molar-refractivity contribution in [1.82, 2.24) is 5.32 Å². The Hall–Kier alpha value is -0.830. The Morgan fingerprint density at radius 2 is 2.14 bits per heavy atom. The third-order valence-corrected chi connectivity index (χ3v) is 2.71. The van der Waals surface area contributed by atoms with Gasteiger partial charge in [0.15, 0.2) is 0 Å². The standard InChI is InChI=1S/C11H19NO2/c1-2-3-4-5-6-9-12-11(7-8-11)10(13)14/h2,12H,1,3-9H2,(H,13,14). The lowest BCUT2D eigenvalue weighted by molar-refractivity contribution is -0.140. The summed E-state index contributed by atoms with van der Waals surface area (Å²) in [5.41, 5.74) is -0.557. The average Bonchev–Trinajstić information content (AvgIpc) is 2.92. The van der Waals surface area contributed by atoms with E-state index in [-0.39, 0.29) is 0 Å². The molecule has 3 nitrogen and oxygen atoms in total. The van der Waals surface area contributed by atoms with Crippen LogP contribution in [0.1, 0.15) is 38.5 Å². The number of hydrogen-bond acceptors (Lipinski definition) is 2. The molecule has 0 aromatic rings. The maximum Gasteiger partial charge on any atom is 0.323 e. The zero-order chi connectivity index (χ0) is 10.4. The van der Waals surface area contributed by atoms with Crippen molar-refractivity contribution in [3.63, 3.8) is 0 Å². The summed E-state index contributed by atoms with van der Waals surface area (Å²) in [6.45, 7) is 4.48. The lowest BCUT2D eigenvalue weighted by atomic mass is 10.2. The average molecular weight is 197 g/mol. The van der Waals surface area contributed by atoms with Gasteiger partial charge in [-0.15, -0.1) is 6.58 Å². The summed E-state index contributed by atoms with van der Waals surface area (Å²) in [5.74, 6) is -0.691. The van der Waals surface area contributed by atoms with Crippen molar-refractivity contribution in [2.75, 3.05) is 6.54 Å². The molecule has 0 atom stereocenters. The second kappa shape index (κ2) is 5.15. The number of carboxylic acid groups (broad SMARTS) is 1. The molecule has 0 bridgehead atoms. The Bertz CT molecular complexity index is 209. The van der Waals surface area contributed by atoms with Crippen molar-refractivity contribution >= 4 is 5.97 Å². The molecule has 2 N–H and O–H groups in total. The van der Waals surface area contributed by atoms with Crippen LogP contribution in [0.5, 0.6) is 0 Å². The highest BCUT2D eigenvalue weighted by atomic mass is 16.4.